The fourth-order valence-electron chi connectivity index (χ4n) is 12.3. The van der Waals surface area contributed by atoms with Gasteiger partial charge in [-0.2, -0.15) is 0 Å². The molecule has 2 N–H and O–H groups in total. The average molecular weight is 685 g/mol. The van der Waals surface area contributed by atoms with Crippen molar-refractivity contribution >= 4 is 5.78 Å². The third kappa shape index (κ3) is 6.46. The molecule has 0 aromatic heterocycles. The number of aliphatic hydroxyl groups excluding tert-OH is 1. The Morgan fingerprint density at radius 1 is 0.939 bits per heavy atom. The number of fused-ring (bicyclic) bond motifs is 1. The maximum Gasteiger partial charge on any atom is 0.141 e. The fraction of sp³-hybridized carbons (Fsp3) is 0.930. The van der Waals surface area contributed by atoms with Crippen molar-refractivity contribution in [3.8, 4) is 0 Å². The molecule has 18 atom stereocenters. The number of rotatable bonds is 10. The molecule has 0 aromatic carbocycles. The van der Waals surface area contributed by atoms with E-state index in [-0.39, 0.29) is 64.6 Å². The van der Waals surface area contributed by atoms with E-state index in [4.69, 9.17) is 14.2 Å². The van der Waals surface area contributed by atoms with Crippen LogP contribution in [0.4, 0.5) is 0 Å². The van der Waals surface area contributed by atoms with Gasteiger partial charge in [0.25, 0.3) is 0 Å². The molecule has 10 unspecified atom stereocenters. The molecule has 3 saturated carbocycles. The summed E-state index contributed by atoms with van der Waals surface area (Å²) in [6.45, 7) is 21.7. The van der Waals surface area contributed by atoms with Crippen molar-refractivity contribution in [2.45, 2.75) is 194 Å². The van der Waals surface area contributed by atoms with E-state index in [0.29, 0.717) is 29.6 Å². The predicted molar refractivity (Wildman–Crippen MR) is 195 cm³/mol. The maximum absolute atomic E-state index is 14.3. The lowest BCUT2D eigenvalue weighted by atomic mass is 9.60. The Kier molecular flexibility index (Phi) is 10.8. The second-order valence-corrected chi connectivity index (χ2v) is 19.0. The highest BCUT2D eigenvalue weighted by Crippen LogP contribution is 2.68. The van der Waals surface area contributed by atoms with Crippen molar-refractivity contribution in [3.63, 3.8) is 0 Å². The van der Waals surface area contributed by atoms with Gasteiger partial charge >= 0.3 is 0 Å². The summed E-state index contributed by atoms with van der Waals surface area (Å²) in [6, 6.07) is 0. The molecule has 0 amide bonds. The van der Waals surface area contributed by atoms with E-state index < -0.39 is 17.6 Å². The van der Waals surface area contributed by atoms with Gasteiger partial charge < -0.3 is 24.4 Å². The number of carbonyl (C=O) groups excluding carboxylic acids is 1. The molecular formula is C43H72O6. The smallest absolute Gasteiger partial charge is 0.141 e. The first-order chi connectivity index (χ1) is 23.0. The summed E-state index contributed by atoms with van der Waals surface area (Å²) in [5.74, 6) is 1.77. The number of aliphatic hydroxyl groups is 2. The molecular weight excluding hydrogens is 612 g/mol. The predicted octanol–water partition coefficient (Wildman–Crippen LogP) is 8.70. The minimum atomic E-state index is -0.724. The quantitative estimate of drug-likeness (QED) is 0.224. The normalized spacial score (nSPS) is 49.7. The van der Waals surface area contributed by atoms with Crippen LogP contribution in [0.3, 0.4) is 0 Å². The first-order valence-electron chi connectivity index (χ1n) is 20.7. The molecule has 5 fully saturated rings. The topological polar surface area (TPSA) is 85.2 Å². The van der Waals surface area contributed by atoms with Crippen molar-refractivity contribution in [2.24, 2.45) is 58.7 Å². The van der Waals surface area contributed by atoms with Crippen LogP contribution in [0, 0.1) is 58.7 Å². The van der Waals surface area contributed by atoms with Crippen LogP contribution < -0.4 is 0 Å². The van der Waals surface area contributed by atoms with Gasteiger partial charge in [0.1, 0.15) is 5.78 Å². The Labute approximate surface area is 298 Å². The van der Waals surface area contributed by atoms with Crippen molar-refractivity contribution in [3.05, 3.63) is 12.2 Å². The third-order valence-electron chi connectivity index (χ3n) is 16.3. The van der Waals surface area contributed by atoms with E-state index in [1.54, 1.807) is 0 Å². The van der Waals surface area contributed by atoms with Gasteiger partial charge in [-0.25, -0.2) is 0 Å². The van der Waals surface area contributed by atoms with Crippen LogP contribution in [0.1, 0.15) is 146 Å². The van der Waals surface area contributed by atoms with Gasteiger partial charge in [-0.05, 0) is 107 Å². The summed E-state index contributed by atoms with van der Waals surface area (Å²) in [5, 5.41) is 22.8. The highest BCUT2D eigenvalue weighted by atomic mass is 16.5. The molecule has 49 heavy (non-hydrogen) atoms. The second-order valence-electron chi connectivity index (χ2n) is 19.0. The Morgan fingerprint density at radius 2 is 1.67 bits per heavy atom. The molecule has 3 aliphatic heterocycles. The maximum atomic E-state index is 14.3. The molecule has 3 heterocycles. The summed E-state index contributed by atoms with van der Waals surface area (Å²) in [5.41, 5.74) is -1.11. The van der Waals surface area contributed by atoms with E-state index in [1.165, 1.54) is 0 Å². The molecule has 0 radical (unpaired) electrons. The third-order valence-corrected chi connectivity index (χ3v) is 16.3. The number of hydrogen-bond acceptors (Lipinski definition) is 6. The molecule has 2 bridgehead atoms. The summed E-state index contributed by atoms with van der Waals surface area (Å²) < 4.78 is 20.9. The lowest BCUT2D eigenvalue weighted by Crippen LogP contribution is -2.56. The standard InChI is InChI=1S/C43H72O6/c1-11-25(3)35-14-13-26(4)39(48-35)31(9)38(45)30(8)37(44)29(7)34-23-42(28(6)21-27(34)5)18-15-33-22-40(19-20-43(33,24-40)49-42)36-16-17-41(46,12-2)32(10)47-36/h15,18,25-36,38-39,45-46H,11-14,16-17,19-24H2,1-10H3/t25?,26?,27?,28?,29-,30-,31?,32+,33+,34?,35?,36-,38?,39-,40+,41?,42?,43-/m1/s1. The van der Waals surface area contributed by atoms with Crippen molar-refractivity contribution in [2.75, 3.05) is 0 Å². The van der Waals surface area contributed by atoms with Gasteiger partial charge in [-0.15, -0.1) is 0 Å². The molecule has 2 saturated heterocycles. The largest absolute Gasteiger partial charge is 0.392 e. The Morgan fingerprint density at radius 3 is 2.35 bits per heavy atom. The van der Waals surface area contributed by atoms with Gasteiger partial charge in [0.2, 0.25) is 0 Å². The van der Waals surface area contributed by atoms with Gasteiger partial charge in [0.15, 0.2) is 0 Å². The number of ether oxygens (including phenoxy) is 3. The second kappa shape index (κ2) is 13.9. The summed E-state index contributed by atoms with van der Waals surface area (Å²) in [7, 11) is 0. The fourth-order valence-corrected chi connectivity index (χ4v) is 12.3. The summed E-state index contributed by atoms with van der Waals surface area (Å²) in [6.07, 6.45) is 16.4. The van der Waals surface area contributed by atoms with Crippen molar-refractivity contribution in [1.82, 2.24) is 0 Å². The number of carbonyl (C=O) groups is 1. The van der Waals surface area contributed by atoms with E-state index in [1.807, 2.05) is 6.92 Å². The van der Waals surface area contributed by atoms with Crippen LogP contribution >= 0.6 is 0 Å². The summed E-state index contributed by atoms with van der Waals surface area (Å²) in [4.78, 5) is 14.3. The molecule has 6 heteroatoms. The van der Waals surface area contributed by atoms with Crippen LogP contribution in [-0.2, 0) is 19.0 Å². The first-order valence-corrected chi connectivity index (χ1v) is 20.7. The molecule has 6 nitrogen and oxygen atoms in total. The zero-order chi connectivity index (χ0) is 35.7. The minimum absolute atomic E-state index is 0.0241. The SMILES string of the molecule is CCC(C)C1CCC(C)[C@H](C(C)C(O)[C@H](C)C(=O)[C@H](C)C2CC3(C=C[C@H]4C[C@@]5([C@H]6CCC(O)(CC)[C@H](C)O6)CC[C@]4(C5)O3)C(C)CC2C)O1. The molecule has 280 valence electrons. The minimum Gasteiger partial charge on any atom is -0.392 e. The highest BCUT2D eigenvalue weighted by Gasteiger charge is 2.67. The van der Waals surface area contributed by atoms with Crippen LogP contribution in [0.25, 0.3) is 0 Å². The first kappa shape index (κ1) is 38.0. The van der Waals surface area contributed by atoms with Crippen LogP contribution in [0.15, 0.2) is 12.2 Å². The van der Waals surface area contributed by atoms with Crippen molar-refractivity contribution in [1.29, 1.82) is 0 Å². The summed E-state index contributed by atoms with van der Waals surface area (Å²) >= 11 is 0. The number of hydrogen-bond donors (Lipinski definition) is 2. The van der Waals surface area contributed by atoms with Gasteiger partial charge in [0.05, 0.1) is 47.3 Å². The van der Waals surface area contributed by atoms with Crippen LogP contribution in [0.2, 0.25) is 0 Å². The van der Waals surface area contributed by atoms with Gasteiger partial charge in [-0.3, -0.25) is 4.79 Å². The van der Waals surface area contributed by atoms with Crippen molar-refractivity contribution < 1.29 is 29.2 Å². The Bertz CT molecular complexity index is 1220. The zero-order valence-corrected chi connectivity index (χ0v) is 32.8. The van der Waals surface area contributed by atoms with E-state index in [0.717, 1.165) is 77.0 Å². The zero-order valence-electron chi connectivity index (χ0n) is 32.8. The lowest BCUT2D eigenvalue weighted by Gasteiger charge is -2.55. The molecule has 6 rings (SSSR count). The monoisotopic (exact) mass is 685 g/mol. The molecule has 0 aromatic rings. The molecule has 2 spiro atoms. The van der Waals surface area contributed by atoms with Crippen LogP contribution in [-0.4, -0.2) is 63.3 Å². The molecule has 6 aliphatic rings. The van der Waals surface area contributed by atoms with Gasteiger partial charge in [-0.1, -0.05) is 80.9 Å². The van der Waals surface area contributed by atoms with Gasteiger partial charge in [0, 0.05) is 29.1 Å². The van der Waals surface area contributed by atoms with E-state index in [2.05, 4.69) is 74.5 Å². The average Bonchev–Trinajstić information content (AvgIpc) is 3.63. The lowest BCUT2D eigenvalue weighted by molar-refractivity contribution is -0.200. The molecule has 3 aliphatic carbocycles. The van der Waals surface area contributed by atoms with E-state index in [9.17, 15) is 15.0 Å². The van der Waals surface area contributed by atoms with E-state index >= 15 is 0 Å². The van der Waals surface area contributed by atoms with Crippen LogP contribution in [0.5, 0.6) is 0 Å². The Hall–Kier alpha value is -0.790. The number of Topliss-reactive ketones (excluding diaryl/α,β-unsaturated/α-hetero) is 1. The Balaban J connectivity index is 1.13. The number of ketones is 1. The highest BCUT2D eigenvalue weighted by molar-refractivity contribution is 5.83.